The van der Waals surface area contributed by atoms with Crippen LogP contribution >= 0.6 is 11.8 Å². The molecule has 2 heterocycles. The summed E-state index contributed by atoms with van der Waals surface area (Å²) in [7, 11) is -0.239. The highest BCUT2D eigenvalue weighted by Gasteiger charge is 2.32. The smallest absolute Gasteiger partial charge is 0.258 e. The van der Waals surface area contributed by atoms with E-state index in [9.17, 15) is 26.8 Å². The van der Waals surface area contributed by atoms with Gasteiger partial charge in [-0.25, -0.2) is 17.2 Å². The Morgan fingerprint density at radius 3 is 2.56 bits per heavy atom. The van der Waals surface area contributed by atoms with Crippen molar-refractivity contribution in [1.29, 1.82) is 0 Å². The zero-order chi connectivity index (χ0) is 32.7. The zero-order valence-corrected chi connectivity index (χ0v) is 27.0. The predicted octanol–water partition coefficient (Wildman–Crippen LogP) is 2.87. The number of thioether (sulfide) groups is 1. The number of rotatable bonds is 14. The van der Waals surface area contributed by atoms with Gasteiger partial charge in [-0.1, -0.05) is 0 Å². The van der Waals surface area contributed by atoms with Gasteiger partial charge in [-0.2, -0.15) is 21.2 Å². The van der Waals surface area contributed by atoms with Gasteiger partial charge in [0.25, 0.3) is 5.91 Å². The number of carbonyl (C=O) groups is 2. The van der Waals surface area contributed by atoms with Crippen LogP contribution in [-0.4, -0.2) is 91.4 Å². The maximum Gasteiger partial charge on any atom is 0.258 e. The van der Waals surface area contributed by atoms with Crippen LogP contribution in [0.4, 0.5) is 26.0 Å². The standard InChI is InChI=1S/C29H38F2N8O4S2/c1-38(2)10-4-9-33-26(8-12-44-3)29(41)34-20-5-6-22(24(32)16-20)28(40)35-27-23-17-39(11-7-25(23)36-37-27)45(42,43)21-14-18(30)13-19(31)15-21/h5-6,13-16,26,33H,4,7-12,17,32H2,1-3H3,(H,34,41)(H2,35,36,37,40)/t26-/m0/s1. The Labute approximate surface area is 265 Å². The van der Waals surface area contributed by atoms with Crippen LogP contribution in [-0.2, 0) is 27.8 Å². The fourth-order valence-corrected chi connectivity index (χ4v) is 6.81. The molecule has 2 amide bonds. The number of anilines is 3. The molecule has 0 bridgehead atoms. The topological polar surface area (TPSA) is 166 Å². The van der Waals surface area contributed by atoms with Crippen LogP contribution in [0.1, 0.15) is 34.5 Å². The maximum absolute atomic E-state index is 13.7. The lowest BCUT2D eigenvalue weighted by Gasteiger charge is -2.26. The molecule has 2 aromatic carbocycles. The van der Waals surface area contributed by atoms with Gasteiger partial charge in [-0.05, 0) is 82.4 Å². The van der Waals surface area contributed by atoms with Crippen LogP contribution in [0, 0.1) is 11.6 Å². The Bertz CT molecular complexity index is 1610. The van der Waals surface area contributed by atoms with Crippen LogP contribution in [0.25, 0.3) is 0 Å². The molecule has 45 heavy (non-hydrogen) atoms. The minimum absolute atomic E-state index is 0.0485. The van der Waals surface area contributed by atoms with Crippen LogP contribution in [0.3, 0.4) is 0 Å². The third-order valence-corrected chi connectivity index (χ3v) is 9.73. The molecule has 0 spiro atoms. The van der Waals surface area contributed by atoms with E-state index in [2.05, 4.69) is 31.0 Å². The van der Waals surface area contributed by atoms with Crippen molar-refractivity contribution in [3.8, 4) is 0 Å². The lowest BCUT2D eigenvalue weighted by Crippen LogP contribution is -2.42. The third-order valence-electron chi connectivity index (χ3n) is 7.27. The van der Waals surface area contributed by atoms with E-state index in [1.54, 1.807) is 17.8 Å². The van der Waals surface area contributed by atoms with E-state index in [0.717, 1.165) is 35.2 Å². The third kappa shape index (κ3) is 8.79. The first-order valence-corrected chi connectivity index (χ1v) is 17.1. The van der Waals surface area contributed by atoms with Crippen molar-refractivity contribution in [3.63, 3.8) is 0 Å². The molecule has 4 rings (SSSR count). The Morgan fingerprint density at radius 2 is 1.89 bits per heavy atom. The Hall–Kier alpha value is -3.57. The van der Waals surface area contributed by atoms with E-state index >= 15 is 0 Å². The van der Waals surface area contributed by atoms with Gasteiger partial charge in [0, 0.05) is 48.2 Å². The van der Waals surface area contributed by atoms with Crippen molar-refractivity contribution in [2.45, 2.75) is 36.7 Å². The Balaban J connectivity index is 1.42. The quantitative estimate of drug-likeness (QED) is 0.129. The van der Waals surface area contributed by atoms with Crippen LogP contribution in [0.2, 0.25) is 0 Å². The number of nitrogens with zero attached hydrogens (tertiary/aromatic N) is 3. The van der Waals surface area contributed by atoms with Gasteiger partial charge in [0.05, 0.1) is 16.5 Å². The first kappa shape index (κ1) is 34.3. The van der Waals surface area contributed by atoms with E-state index in [4.69, 9.17) is 5.73 Å². The molecule has 0 saturated carbocycles. The summed E-state index contributed by atoms with van der Waals surface area (Å²) in [5.41, 5.74) is 7.93. The molecule has 16 heteroatoms. The number of benzene rings is 2. The molecule has 0 radical (unpaired) electrons. The highest BCUT2D eigenvalue weighted by Crippen LogP contribution is 2.29. The van der Waals surface area contributed by atoms with E-state index in [1.807, 2.05) is 20.4 Å². The number of H-pyrrole nitrogens is 1. The van der Waals surface area contributed by atoms with Crippen LogP contribution in [0.15, 0.2) is 41.3 Å². The average Bonchev–Trinajstić information content (AvgIpc) is 3.37. The number of hydrogen-bond donors (Lipinski definition) is 5. The number of hydrogen-bond acceptors (Lipinski definition) is 9. The first-order valence-electron chi connectivity index (χ1n) is 14.3. The first-order chi connectivity index (χ1) is 21.4. The molecular weight excluding hydrogens is 627 g/mol. The molecule has 0 fully saturated rings. The molecule has 3 aromatic rings. The highest BCUT2D eigenvalue weighted by atomic mass is 32.2. The SMILES string of the molecule is CSCC[C@H](NCCCN(C)C)C(=O)Nc1ccc(C(=O)Nc2n[nH]c3c2CN(S(=O)(=O)c2cc(F)cc(F)c2)CC3)c(N)c1. The molecule has 0 saturated heterocycles. The number of aromatic nitrogens is 2. The van der Waals surface area contributed by atoms with Gasteiger partial charge in [0.15, 0.2) is 5.82 Å². The van der Waals surface area contributed by atoms with Crippen LogP contribution in [0.5, 0.6) is 0 Å². The second-order valence-electron chi connectivity index (χ2n) is 10.9. The van der Waals surface area contributed by atoms with Gasteiger partial charge in [-0.15, -0.1) is 0 Å². The van der Waals surface area contributed by atoms with E-state index in [0.29, 0.717) is 36.0 Å². The maximum atomic E-state index is 13.7. The minimum atomic E-state index is -4.23. The van der Waals surface area contributed by atoms with E-state index in [-0.39, 0.29) is 42.5 Å². The Morgan fingerprint density at radius 1 is 1.16 bits per heavy atom. The number of amides is 2. The molecule has 244 valence electrons. The normalized spacial score (nSPS) is 14.3. The van der Waals surface area contributed by atoms with Crippen molar-refractivity contribution >= 4 is 50.8 Å². The minimum Gasteiger partial charge on any atom is -0.398 e. The van der Waals surface area contributed by atoms with Crippen molar-refractivity contribution in [1.82, 2.24) is 24.7 Å². The number of nitrogens with two attached hydrogens (primary N) is 1. The summed E-state index contributed by atoms with van der Waals surface area (Å²) >= 11 is 1.66. The summed E-state index contributed by atoms with van der Waals surface area (Å²) in [5, 5.41) is 15.8. The number of sulfonamides is 1. The number of nitrogen functional groups attached to an aromatic ring is 1. The second kappa shape index (κ2) is 15.1. The van der Waals surface area contributed by atoms with Gasteiger partial charge < -0.3 is 26.6 Å². The molecule has 0 aliphatic carbocycles. The summed E-state index contributed by atoms with van der Waals surface area (Å²) in [5.74, 6) is -1.89. The molecule has 12 nitrogen and oxygen atoms in total. The summed E-state index contributed by atoms with van der Waals surface area (Å²) in [4.78, 5) is 27.8. The van der Waals surface area contributed by atoms with Crippen molar-refractivity contribution < 1.29 is 26.8 Å². The van der Waals surface area contributed by atoms with Gasteiger partial charge in [-0.3, -0.25) is 14.7 Å². The average molecular weight is 665 g/mol. The molecule has 6 N–H and O–H groups in total. The lowest BCUT2D eigenvalue weighted by molar-refractivity contribution is -0.118. The summed E-state index contributed by atoms with van der Waals surface area (Å²) in [6.45, 7) is 1.46. The van der Waals surface area contributed by atoms with Gasteiger partial charge in [0.1, 0.15) is 11.6 Å². The van der Waals surface area contributed by atoms with E-state index in [1.165, 1.54) is 12.1 Å². The number of carbonyl (C=O) groups excluding carboxylic acids is 2. The molecule has 0 unspecified atom stereocenters. The fourth-order valence-electron chi connectivity index (χ4n) is 4.89. The summed E-state index contributed by atoms with van der Waals surface area (Å²) < 4.78 is 54.8. The largest absolute Gasteiger partial charge is 0.398 e. The van der Waals surface area contributed by atoms with Crippen molar-refractivity contribution in [2.24, 2.45) is 0 Å². The zero-order valence-electron chi connectivity index (χ0n) is 25.3. The molecule has 1 aliphatic heterocycles. The fraction of sp³-hybridized carbons (Fsp3) is 0.414. The number of aromatic amines is 1. The summed E-state index contributed by atoms with van der Waals surface area (Å²) in [6, 6.07) is 6.28. The highest BCUT2D eigenvalue weighted by molar-refractivity contribution is 7.98. The lowest BCUT2D eigenvalue weighted by atomic mass is 10.1. The molecule has 1 atom stereocenters. The molecule has 1 aliphatic rings. The van der Waals surface area contributed by atoms with Crippen molar-refractivity contribution in [2.75, 3.05) is 62.1 Å². The Kier molecular flexibility index (Phi) is 11.5. The molecule has 1 aromatic heterocycles. The second-order valence-corrected chi connectivity index (χ2v) is 13.8. The van der Waals surface area contributed by atoms with Gasteiger partial charge >= 0.3 is 0 Å². The summed E-state index contributed by atoms with van der Waals surface area (Å²) in [6.07, 6.45) is 3.77. The number of nitrogens with one attached hydrogen (secondary N) is 4. The monoisotopic (exact) mass is 664 g/mol. The van der Waals surface area contributed by atoms with Crippen molar-refractivity contribution in [3.05, 3.63) is 64.9 Å². The number of halogens is 2. The van der Waals surface area contributed by atoms with E-state index < -0.39 is 38.5 Å². The van der Waals surface area contributed by atoms with Crippen LogP contribution < -0.4 is 21.7 Å². The number of fused-ring (bicyclic) bond motifs is 1. The predicted molar refractivity (Wildman–Crippen MR) is 172 cm³/mol. The molecular formula is C29H38F2N8O4S2. The van der Waals surface area contributed by atoms with Gasteiger partial charge in [0.2, 0.25) is 15.9 Å².